The standard InChI is InChI=1S/C9H5FN2O2S/c10-5-3-6(9(13)14)7(12-4-5)8-11-1-2-15-8/h1-4H,(H,13,14). The van der Waals surface area contributed by atoms with E-state index in [0.29, 0.717) is 5.01 Å². The third kappa shape index (κ3) is 1.84. The number of halogens is 1. The molecule has 2 heterocycles. The average molecular weight is 224 g/mol. The van der Waals surface area contributed by atoms with Gasteiger partial charge < -0.3 is 5.11 Å². The summed E-state index contributed by atoms with van der Waals surface area (Å²) in [5, 5.41) is 11.0. The van der Waals surface area contributed by atoms with Gasteiger partial charge in [0.05, 0.1) is 11.8 Å². The van der Waals surface area contributed by atoms with Crippen LogP contribution < -0.4 is 0 Å². The topological polar surface area (TPSA) is 63.1 Å². The van der Waals surface area contributed by atoms with E-state index < -0.39 is 11.8 Å². The van der Waals surface area contributed by atoms with E-state index in [4.69, 9.17) is 5.11 Å². The highest BCUT2D eigenvalue weighted by molar-refractivity contribution is 7.13. The molecule has 0 aliphatic rings. The molecule has 0 radical (unpaired) electrons. The van der Waals surface area contributed by atoms with Crippen LogP contribution in [0.25, 0.3) is 10.7 Å². The van der Waals surface area contributed by atoms with Gasteiger partial charge in [0.2, 0.25) is 0 Å². The fraction of sp³-hybridized carbons (Fsp3) is 0. The van der Waals surface area contributed by atoms with Crippen LogP contribution in [0.5, 0.6) is 0 Å². The summed E-state index contributed by atoms with van der Waals surface area (Å²) in [6, 6.07) is 0.937. The Balaban J connectivity index is 2.61. The molecule has 0 atom stereocenters. The van der Waals surface area contributed by atoms with Crippen LogP contribution in [0.3, 0.4) is 0 Å². The summed E-state index contributed by atoms with van der Waals surface area (Å²) in [6.45, 7) is 0. The average Bonchev–Trinajstić information content (AvgIpc) is 2.70. The fourth-order valence-corrected chi connectivity index (χ4v) is 1.76. The summed E-state index contributed by atoms with van der Waals surface area (Å²) in [5.74, 6) is -1.89. The van der Waals surface area contributed by atoms with Gasteiger partial charge in [-0.15, -0.1) is 11.3 Å². The molecule has 4 nitrogen and oxygen atoms in total. The summed E-state index contributed by atoms with van der Waals surface area (Å²) >= 11 is 1.25. The third-order valence-corrected chi connectivity index (χ3v) is 2.50. The van der Waals surface area contributed by atoms with Crippen molar-refractivity contribution in [3.8, 4) is 10.7 Å². The van der Waals surface area contributed by atoms with Gasteiger partial charge in [0.15, 0.2) is 0 Å². The van der Waals surface area contributed by atoms with Gasteiger partial charge in [-0.05, 0) is 6.07 Å². The largest absolute Gasteiger partial charge is 0.478 e. The number of rotatable bonds is 2. The van der Waals surface area contributed by atoms with E-state index in [1.165, 1.54) is 17.5 Å². The second-order valence-corrected chi connectivity index (χ2v) is 3.59. The summed E-state index contributed by atoms with van der Waals surface area (Å²) in [6.07, 6.45) is 2.51. The Morgan fingerprint density at radius 1 is 1.47 bits per heavy atom. The van der Waals surface area contributed by atoms with Crippen molar-refractivity contribution in [2.75, 3.05) is 0 Å². The second kappa shape index (κ2) is 3.74. The third-order valence-electron chi connectivity index (χ3n) is 1.72. The molecule has 0 aromatic carbocycles. The molecular weight excluding hydrogens is 219 g/mol. The summed E-state index contributed by atoms with van der Waals surface area (Å²) in [5.41, 5.74) is 0.0175. The first kappa shape index (κ1) is 9.72. The van der Waals surface area contributed by atoms with Crippen molar-refractivity contribution in [3.63, 3.8) is 0 Å². The van der Waals surface area contributed by atoms with E-state index in [0.717, 1.165) is 12.3 Å². The van der Waals surface area contributed by atoms with Gasteiger partial charge in [-0.25, -0.2) is 19.2 Å². The Bertz CT molecular complexity index is 499. The van der Waals surface area contributed by atoms with Crippen LogP contribution in [0.1, 0.15) is 10.4 Å². The number of hydrogen-bond acceptors (Lipinski definition) is 4. The highest BCUT2D eigenvalue weighted by Crippen LogP contribution is 2.23. The number of carboxylic acids is 1. The van der Waals surface area contributed by atoms with Crippen molar-refractivity contribution in [1.29, 1.82) is 0 Å². The zero-order valence-electron chi connectivity index (χ0n) is 7.35. The maximum Gasteiger partial charge on any atom is 0.338 e. The van der Waals surface area contributed by atoms with E-state index in [1.54, 1.807) is 5.38 Å². The van der Waals surface area contributed by atoms with Crippen LogP contribution in [0.4, 0.5) is 4.39 Å². The number of aromatic carboxylic acids is 1. The van der Waals surface area contributed by atoms with Gasteiger partial charge in [-0.3, -0.25) is 0 Å². The van der Waals surface area contributed by atoms with Crippen LogP contribution in [0, 0.1) is 5.82 Å². The summed E-state index contributed by atoms with van der Waals surface area (Å²) in [4.78, 5) is 18.5. The molecule has 15 heavy (non-hydrogen) atoms. The van der Waals surface area contributed by atoms with E-state index >= 15 is 0 Å². The van der Waals surface area contributed by atoms with E-state index in [9.17, 15) is 9.18 Å². The Labute approximate surface area is 88.1 Å². The molecule has 0 aliphatic carbocycles. The quantitative estimate of drug-likeness (QED) is 0.847. The number of carbonyl (C=O) groups is 1. The van der Waals surface area contributed by atoms with Crippen molar-refractivity contribution in [2.24, 2.45) is 0 Å². The molecule has 0 saturated carbocycles. The van der Waals surface area contributed by atoms with E-state index in [1.807, 2.05) is 0 Å². The molecule has 1 N–H and O–H groups in total. The molecule has 2 rings (SSSR count). The minimum atomic E-state index is -1.22. The predicted octanol–water partition coefficient (Wildman–Crippen LogP) is 2.04. The summed E-state index contributed by atoms with van der Waals surface area (Å²) < 4.78 is 12.8. The van der Waals surface area contributed by atoms with Gasteiger partial charge in [-0.1, -0.05) is 0 Å². The number of thiazole rings is 1. The number of pyridine rings is 1. The zero-order chi connectivity index (χ0) is 10.8. The SMILES string of the molecule is O=C(O)c1cc(F)cnc1-c1nccs1. The first-order valence-corrected chi connectivity index (χ1v) is 4.85. The number of aromatic nitrogens is 2. The van der Waals surface area contributed by atoms with Gasteiger partial charge in [0.1, 0.15) is 16.5 Å². The first-order valence-electron chi connectivity index (χ1n) is 3.97. The van der Waals surface area contributed by atoms with Gasteiger partial charge in [-0.2, -0.15) is 0 Å². The van der Waals surface area contributed by atoms with Crippen LogP contribution >= 0.6 is 11.3 Å². The minimum Gasteiger partial charge on any atom is -0.478 e. The van der Waals surface area contributed by atoms with Gasteiger partial charge in [0, 0.05) is 11.6 Å². The Hall–Kier alpha value is -1.82. The minimum absolute atomic E-state index is 0.176. The molecule has 0 fully saturated rings. The highest BCUT2D eigenvalue weighted by Gasteiger charge is 2.15. The number of hydrogen-bond donors (Lipinski definition) is 1. The number of nitrogens with zero attached hydrogens (tertiary/aromatic N) is 2. The molecule has 6 heteroatoms. The second-order valence-electron chi connectivity index (χ2n) is 2.69. The lowest BCUT2D eigenvalue weighted by Gasteiger charge is -2.00. The summed E-state index contributed by atoms with van der Waals surface area (Å²) in [7, 11) is 0. The smallest absolute Gasteiger partial charge is 0.338 e. The van der Waals surface area contributed by atoms with Crippen LogP contribution in [-0.2, 0) is 0 Å². The fourth-order valence-electron chi connectivity index (χ4n) is 1.11. The Morgan fingerprint density at radius 3 is 2.87 bits per heavy atom. The zero-order valence-corrected chi connectivity index (χ0v) is 8.16. The van der Waals surface area contributed by atoms with Crippen LogP contribution in [-0.4, -0.2) is 21.0 Å². The van der Waals surface area contributed by atoms with Crippen LogP contribution in [0.2, 0.25) is 0 Å². The molecular formula is C9H5FN2O2S. The Kier molecular flexibility index (Phi) is 2.42. The number of carboxylic acid groups (broad SMARTS) is 1. The highest BCUT2D eigenvalue weighted by atomic mass is 32.1. The lowest BCUT2D eigenvalue weighted by molar-refractivity contribution is 0.0697. The molecule has 0 amide bonds. The van der Waals surface area contributed by atoms with Gasteiger partial charge >= 0.3 is 5.97 Å². The molecule has 0 aliphatic heterocycles. The predicted molar refractivity (Wildman–Crippen MR) is 52.3 cm³/mol. The molecule has 0 spiro atoms. The van der Waals surface area contributed by atoms with Gasteiger partial charge in [0.25, 0.3) is 0 Å². The monoisotopic (exact) mass is 224 g/mol. The molecule has 2 aromatic heterocycles. The van der Waals surface area contributed by atoms with Crippen molar-refractivity contribution in [2.45, 2.75) is 0 Å². The molecule has 0 unspecified atom stereocenters. The lowest BCUT2D eigenvalue weighted by Crippen LogP contribution is -2.02. The van der Waals surface area contributed by atoms with Crippen molar-refractivity contribution in [3.05, 3.63) is 35.2 Å². The van der Waals surface area contributed by atoms with Crippen LogP contribution in [0.15, 0.2) is 23.8 Å². The maximum atomic E-state index is 12.8. The van der Waals surface area contributed by atoms with Crippen molar-refractivity contribution in [1.82, 2.24) is 9.97 Å². The maximum absolute atomic E-state index is 12.8. The van der Waals surface area contributed by atoms with Crippen molar-refractivity contribution >= 4 is 17.3 Å². The lowest BCUT2D eigenvalue weighted by atomic mass is 10.2. The Morgan fingerprint density at radius 2 is 2.27 bits per heavy atom. The van der Waals surface area contributed by atoms with E-state index in [2.05, 4.69) is 9.97 Å². The van der Waals surface area contributed by atoms with Crippen molar-refractivity contribution < 1.29 is 14.3 Å². The molecule has 0 bridgehead atoms. The van der Waals surface area contributed by atoms with E-state index in [-0.39, 0.29) is 11.3 Å². The molecule has 2 aromatic rings. The molecule has 76 valence electrons. The molecule has 0 saturated heterocycles. The normalized spacial score (nSPS) is 10.2. The first-order chi connectivity index (χ1) is 7.18.